The molecule has 1 aromatic rings. The first kappa shape index (κ1) is 13.5. The fraction of sp³-hybridized carbons (Fsp3) is 0.444. The summed E-state index contributed by atoms with van der Waals surface area (Å²) in [5.41, 5.74) is 0. The fourth-order valence-corrected chi connectivity index (χ4v) is 2.74. The first-order chi connectivity index (χ1) is 8.88. The quantitative estimate of drug-likeness (QED) is 0.635. The second-order valence-corrected chi connectivity index (χ2v) is 5.61. The van der Waals surface area contributed by atoms with E-state index in [0.717, 1.165) is 17.1 Å². The summed E-state index contributed by atoms with van der Waals surface area (Å²) in [7, 11) is -3.92. The number of cyclic esters (lactones) is 1. The van der Waals surface area contributed by atoms with Crippen LogP contribution in [0.2, 0.25) is 0 Å². The van der Waals surface area contributed by atoms with E-state index in [1.165, 1.54) is 0 Å². The van der Waals surface area contributed by atoms with E-state index in [-0.39, 0.29) is 17.9 Å². The number of carbonyl (C=O) groups is 2. The van der Waals surface area contributed by atoms with Crippen molar-refractivity contribution in [3.05, 3.63) is 12.4 Å². The maximum Gasteiger partial charge on any atom is 0.325 e. The molecular weight excluding hydrogens is 278 g/mol. The third kappa shape index (κ3) is 3.09. The van der Waals surface area contributed by atoms with Gasteiger partial charge in [0.2, 0.25) is 10.0 Å². The smallest absolute Gasteiger partial charge is 0.325 e. The lowest BCUT2D eigenvalue weighted by Gasteiger charge is -2.07. The molecule has 1 fully saturated rings. The number of carbonyl (C=O) groups excluding carboxylic acids is 1. The van der Waals surface area contributed by atoms with Gasteiger partial charge in [-0.05, 0) is 0 Å². The summed E-state index contributed by atoms with van der Waals surface area (Å²) in [5.74, 6) is -1.76. The van der Waals surface area contributed by atoms with Crippen LogP contribution in [-0.2, 0) is 30.9 Å². The third-order valence-corrected chi connectivity index (χ3v) is 3.88. The van der Waals surface area contributed by atoms with Crippen LogP contribution in [0.3, 0.4) is 0 Å². The molecule has 0 aromatic carbocycles. The lowest BCUT2D eigenvalue weighted by Crippen LogP contribution is -2.37. The van der Waals surface area contributed by atoms with Gasteiger partial charge >= 0.3 is 11.9 Å². The normalized spacial score (nSPS) is 19.4. The average molecular weight is 289 g/mol. The number of sulfonamides is 1. The number of ether oxygens (including phenoxy) is 1. The van der Waals surface area contributed by atoms with Gasteiger partial charge in [-0.25, -0.2) is 8.42 Å². The highest BCUT2D eigenvalue weighted by Gasteiger charge is 2.31. The second kappa shape index (κ2) is 4.97. The van der Waals surface area contributed by atoms with Crippen LogP contribution in [0.4, 0.5) is 0 Å². The molecule has 0 saturated carbocycles. The van der Waals surface area contributed by atoms with Crippen molar-refractivity contribution in [2.24, 2.45) is 0 Å². The monoisotopic (exact) mass is 289 g/mol. The molecule has 2 rings (SSSR count). The summed E-state index contributed by atoms with van der Waals surface area (Å²) >= 11 is 0. The zero-order chi connectivity index (χ0) is 14.0. The van der Waals surface area contributed by atoms with E-state index in [4.69, 9.17) is 5.11 Å². The summed E-state index contributed by atoms with van der Waals surface area (Å²) in [4.78, 5) is 21.4. The Morgan fingerprint density at radius 3 is 2.95 bits per heavy atom. The van der Waals surface area contributed by atoms with Crippen LogP contribution >= 0.6 is 0 Å². The Morgan fingerprint density at radius 1 is 1.63 bits per heavy atom. The zero-order valence-corrected chi connectivity index (χ0v) is 10.5. The van der Waals surface area contributed by atoms with Crippen LogP contribution < -0.4 is 4.72 Å². The predicted octanol–water partition coefficient (Wildman–Crippen LogP) is -1.44. The number of esters is 1. The Morgan fingerprint density at radius 2 is 2.37 bits per heavy atom. The number of nitrogens with one attached hydrogen (secondary N) is 1. The molecule has 9 nitrogen and oxygen atoms in total. The van der Waals surface area contributed by atoms with E-state index >= 15 is 0 Å². The highest BCUT2D eigenvalue weighted by Crippen LogP contribution is 2.12. The predicted molar refractivity (Wildman–Crippen MR) is 59.5 cm³/mol. The molecule has 2 N–H and O–H groups in total. The molecule has 1 aliphatic heterocycles. The summed E-state index contributed by atoms with van der Waals surface area (Å²) < 4.78 is 31.6. The molecular formula is C9H11N3O6S. The van der Waals surface area contributed by atoms with Gasteiger partial charge in [-0.1, -0.05) is 0 Å². The van der Waals surface area contributed by atoms with Gasteiger partial charge in [-0.15, -0.1) is 0 Å². The van der Waals surface area contributed by atoms with Gasteiger partial charge in [0, 0.05) is 12.6 Å². The molecule has 104 valence electrons. The van der Waals surface area contributed by atoms with Gasteiger partial charge in [0.15, 0.2) is 0 Å². The minimum Gasteiger partial charge on any atom is -0.480 e. The summed E-state index contributed by atoms with van der Waals surface area (Å²) in [6, 6.07) is -0.909. The lowest BCUT2D eigenvalue weighted by atomic mass is 10.3. The Kier molecular flexibility index (Phi) is 3.53. The van der Waals surface area contributed by atoms with Gasteiger partial charge in [0.05, 0.1) is 12.8 Å². The van der Waals surface area contributed by atoms with Crippen LogP contribution in [0, 0.1) is 0 Å². The molecule has 1 aliphatic rings. The number of aromatic nitrogens is 2. The number of hydrogen-bond donors (Lipinski definition) is 2. The Balaban J connectivity index is 2.13. The van der Waals surface area contributed by atoms with Crippen LogP contribution in [0.15, 0.2) is 17.3 Å². The first-order valence-corrected chi connectivity index (χ1v) is 6.80. The number of carboxylic acid groups (broad SMARTS) is 1. The van der Waals surface area contributed by atoms with E-state index in [2.05, 4.69) is 14.6 Å². The Labute approximate surface area is 108 Å². The molecule has 0 aliphatic carbocycles. The highest BCUT2D eigenvalue weighted by atomic mass is 32.2. The Hall–Kier alpha value is -1.94. The minimum atomic E-state index is -3.92. The second-order valence-electron chi connectivity index (χ2n) is 3.90. The molecule has 0 radical (unpaired) electrons. The number of hydrogen-bond acceptors (Lipinski definition) is 6. The molecule has 19 heavy (non-hydrogen) atoms. The number of nitrogens with zero attached hydrogens (tertiary/aromatic N) is 2. The van der Waals surface area contributed by atoms with Gasteiger partial charge in [-0.2, -0.15) is 9.82 Å². The van der Waals surface area contributed by atoms with Gasteiger partial charge in [-0.3, -0.25) is 14.3 Å². The van der Waals surface area contributed by atoms with E-state index in [9.17, 15) is 18.0 Å². The number of rotatable bonds is 5. The van der Waals surface area contributed by atoms with Crippen molar-refractivity contribution in [1.82, 2.24) is 14.5 Å². The minimum absolute atomic E-state index is 0.171. The molecule has 10 heteroatoms. The van der Waals surface area contributed by atoms with Gasteiger partial charge in [0.25, 0.3) is 0 Å². The molecule has 1 aromatic heterocycles. The van der Waals surface area contributed by atoms with Crippen molar-refractivity contribution in [3.63, 3.8) is 0 Å². The van der Waals surface area contributed by atoms with E-state index in [1.807, 2.05) is 0 Å². The van der Waals surface area contributed by atoms with E-state index in [0.29, 0.717) is 0 Å². The lowest BCUT2D eigenvalue weighted by molar-refractivity contribution is -0.139. The van der Waals surface area contributed by atoms with Crippen molar-refractivity contribution in [2.75, 3.05) is 6.61 Å². The molecule has 1 saturated heterocycles. The van der Waals surface area contributed by atoms with Crippen LogP contribution in [-0.4, -0.2) is 47.9 Å². The molecule has 0 spiro atoms. The standard InChI is InChI=1S/C9H11N3O6S/c13-8(14)5-12-4-6(3-10-12)19(16,17)11-7-1-2-18-9(7)15/h3-4,7,11H,1-2,5H2,(H,13,14). The summed E-state index contributed by atoms with van der Waals surface area (Å²) in [6.45, 7) is -0.273. The molecule has 0 bridgehead atoms. The van der Waals surface area contributed by atoms with E-state index in [1.54, 1.807) is 0 Å². The fourth-order valence-electron chi connectivity index (χ4n) is 1.57. The van der Waals surface area contributed by atoms with Gasteiger partial charge in [0.1, 0.15) is 17.5 Å². The third-order valence-electron chi connectivity index (χ3n) is 2.45. The zero-order valence-electron chi connectivity index (χ0n) is 9.64. The van der Waals surface area contributed by atoms with Crippen LogP contribution in [0.5, 0.6) is 0 Å². The van der Waals surface area contributed by atoms with Crippen molar-refractivity contribution in [2.45, 2.75) is 23.9 Å². The van der Waals surface area contributed by atoms with Crippen LogP contribution in [0.1, 0.15) is 6.42 Å². The molecule has 0 amide bonds. The average Bonchev–Trinajstić information content (AvgIpc) is 2.88. The Bertz CT molecular complexity index is 607. The van der Waals surface area contributed by atoms with Crippen molar-refractivity contribution >= 4 is 22.0 Å². The number of aliphatic carboxylic acids is 1. The molecule has 1 unspecified atom stereocenters. The van der Waals surface area contributed by atoms with Crippen molar-refractivity contribution in [3.8, 4) is 0 Å². The summed E-state index contributed by atoms with van der Waals surface area (Å²) in [6.07, 6.45) is 2.36. The maximum atomic E-state index is 11.9. The van der Waals surface area contributed by atoms with Crippen molar-refractivity contribution < 1.29 is 27.9 Å². The maximum absolute atomic E-state index is 11.9. The molecule has 1 atom stereocenters. The molecule has 2 heterocycles. The SMILES string of the molecule is O=C(O)Cn1cc(S(=O)(=O)NC2CCOC2=O)cn1. The first-order valence-electron chi connectivity index (χ1n) is 5.32. The van der Waals surface area contributed by atoms with Crippen molar-refractivity contribution in [1.29, 1.82) is 0 Å². The topological polar surface area (TPSA) is 128 Å². The van der Waals surface area contributed by atoms with E-state index < -0.39 is 34.5 Å². The summed E-state index contributed by atoms with van der Waals surface area (Å²) in [5, 5.41) is 12.2. The van der Waals surface area contributed by atoms with Gasteiger partial charge < -0.3 is 9.84 Å². The highest BCUT2D eigenvalue weighted by molar-refractivity contribution is 7.89. The largest absolute Gasteiger partial charge is 0.480 e. The van der Waals surface area contributed by atoms with Crippen LogP contribution in [0.25, 0.3) is 0 Å². The number of carboxylic acids is 1.